The number of nitrogens with one attached hydrogen (secondary N) is 2. The van der Waals surface area contributed by atoms with Gasteiger partial charge in [0.2, 0.25) is 5.78 Å². The summed E-state index contributed by atoms with van der Waals surface area (Å²) >= 11 is 1.57. The molecule has 0 radical (unpaired) electrons. The summed E-state index contributed by atoms with van der Waals surface area (Å²) in [5, 5.41) is 29.1. The van der Waals surface area contributed by atoms with E-state index in [2.05, 4.69) is 10.6 Å². The highest BCUT2D eigenvalue weighted by Crippen LogP contribution is 2.35. The SMILES string of the molecule is CN(C)C(=O)c1cccc(NC2=C(NC(c3ccccc3)c3cccs3)C(O)C2=O)c1O. The van der Waals surface area contributed by atoms with Crippen LogP contribution in [0.5, 0.6) is 5.75 Å². The summed E-state index contributed by atoms with van der Waals surface area (Å²) in [4.78, 5) is 27.1. The molecule has 8 heteroatoms. The van der Waals surface area contributed by atoms with E-state index in [0.717, 1.165) is 10.4 Å². The number of amides is 1. The molecule has 0 fully saturated rings. The molecule has 1 amide bonds. The summed E-state index contributed by atoms with van der Waals surface area (Å²) in [5.74, 6) is -1.11. The molecular formula is C24H23N3O4S. The van der Waals surface area contributed by atoms with Crippen LogP contribution < -0.4 is 10.6 Å². The van der Waals surface area contributed by atoms with Gasteiger partial charge in [0.15, 0.2) is 11.9 Å². The van der Waals surface area contributed by atoms with Crippen LogP contribution in [-0.2, 0) is 4.79 Å². The summed E-state index contributed by atoms with van der Waals surface area (Å²) < 4.78 is 0. The first-order valence-electron chi connectivity index (χ1n) is 10.0. The zero-order valence-electron chi connectivity index (χ0n) is 17.6. The van der Waals surface area contributed by atoms with Gasteiger partial charge in [-0.3, -0.25) is 9.59 Å². The minimum Gasteiger partial charge on any atom is -0.505 e. The van der Waals surface area contributed by atoms with E-state index < -0.39 is 11.9 Å². The molecule has 32 heavy (non-hydrogen) atoms. The predicted molar refractivity (Wildman–Crippen MR) is 124 cm³/mol. The predicted octanol–water partition coefficient (Wildman–Crippen LogP) is 3.10. The Kier molecular flexibility index (Phi) is 5.98. The number of Topliss-reactive ketones (excluding diaryl/α,β-unsaturated/α-hetero) is 1. The number of carbonyl (C=O) groups is 2. The molecule has 0 bridgehead atoms. The Morgan fingerprint density at radius 1 is 1.06 bits per heavy atom. The molecule has 4 rings (SSSR count). The second-order valence-corrected chi connectivity index (χ2v) is 8.56. The number of aromatic hydroxyl groups is 1. The number of phenolic OH excluding ortho intramolecular Hbond substituents is 1. The van der Waals surface area contributed by atoms with E-state index >= 15 is 0 Å². The second-order valence-electron chi connectivity index (χ2n) is 7.59. The average molecular weight is 450 g/mol. The molecule has 2 unspecified atom stereocenters. The van der Waals surface area contributed by atoms with Crippen molar-refractivity contribution in [2.24, 2.45) is 0 Å². The van der Waals surface area contributed by atoms with Crippen LogP contribution in [0.15, 0.2) is 77.4 Å². The molecule has 0 saturated heterocycles. The molecular weight excluding hydrogens is 426 g/mol. The fourth-order valence-corrected chi connectivity index (χ4v) is 4.31. The lowest BCUT2D eigenvalue weighted by molar-refractivity contribution is -0.124. The number of carbonyl (C=O) groups excluding carboxylic acids is 2. The number of nitrogens with zero attached hydrogens (tertiary/aromatic N) is 1. The molecule has 0 aliphatic heterocycles. The number of rotatable bonds is 7. The molecule has 1 aliphatic rings. The van der Waals surface area contributed by atoms with Crippen molar-refractivity contribution in [2.45, 2.75) is 12.1 Å². The lowest BCUT2D eigenvalue weighted by Crippen LogP contribution is -2.46. The Balaban J connectivity index is 1.67. The van der Waals surface area contributed by atoms with Crippen LogP contribution in [0.2, 0.25) is 0 Å². The van der Waals surface area contributed by atoms with E-state index in [0.29, 0.717) is 5.70 Å². The smallest absolute Gasteiger partial charge is 0.257 e. The van der Waals surface area contributed by atoms with Crippen LogP contribution in [0.25, 0.3) is 0 Å². The number of hydrogen-bond acceptors (Lipinski definition) is 7. The first-order valence-corrected chi connectivity index (χ1v) is 10.9. The molecule has 0 saturated carbocycles. The highest BCUT2D eigenvalue weighted by Gasteiger charge is 2.40. The Hall–Kier alpha value is -3.62. The van der Waals surface area contributed by atoms with Crippen LogP contribution in [0.1, 0.15) is 26.8 Å². The fourth-order valence-electron chi connectivity index (χ4n) is 3.51. The Bertz CT molecular complexity index is 1170. The molecule has 1 aliphatic carbocycles. The number of phenols is 1. The third-order valence-electron chi connectivity index (χ3n) is 5.23. The van der Waals surface area contributed by atoms with Crippen LogP contribution in [0.3, 0.4) is 0 Å². The zero-order chi connectivity index (χ0) is 22.8. The van der Waals surface area contributed by atoms with Gasteiger partial charge >= 0.3 is 0 Å². The van der Waals surface area contributed by atoms with Gasteiger partial charge < -0.3 is 25.7 Å². The molecule has 3 aromatic rings. The second kappa shape index (κ2) is 8.86. The van der Waals surface area contributed by atoms with E-state index in [1.807, 2.05) is 47.8 Å². The van der Waals surface area contributed by atoms with Crippen molar-refractivity contribution < 1.29 is 19.8 Å². The number of anilines is 1. The van der Waals surface area contributed by atoms with Gasteiger partial charge in [-0.05, 0) is 29.1 Å². The third kappa shape index (κ3) is 3.98. The number of aliphatic hydroxyl groups excluding tert-OH is 1. The van der Waals surface area contributed by atoms with Gasteiger partial charge in [0, 0.05) is 19.0 Å². The van der Waals surface area contributed by atoms with Crippen LogP contribution >= 0.6 is 11.3 Å². The lowest BCUT2D eigenvalue weighted by Gasteiger charge is -2.33. The summed E-state index contributed by atoms with van der Waals surface area (Å²) in [7, 11) is 3.18. The maximum atomic E-state index is 12.5. The van der Waals surface area contributed by atoms with Crippen molar-refractivity contribution >= 4 is 28.7 Å². The van der Waals surface area contributed by atoms with Crippen LogP contribution in [0, 0.1) is 0 Å². The van der Waals surface area contributed by atoms with Gasteiger partial charge in [-0.1, -0.05) is 42.5 Å². The van der Waals surface area contributed by atoms with Crippen molar-refractivity contribution in [1.29, 1.82) is 0 Å². The summed E-state index contributed by atoms with van der Waals surface area (Å²) in [5.41, 5.74) is 1.79. The molecule has 164 valence electrons. The lowest BCUT2D eigenvalue weighted by atomic mass is 9.92. The highest BCUT2D eigenvalue weighted by molar-refractivity contribution is 7.10. The molecule has 4 N–H and O–H groups in total. The van der Waals surface area contributed by atoms with Gasteiger partial charge in [0.05, 0.1) is 23.0 Å². The minimum atomic E-state index is -1.29. The Morgan fingerprint density at radius 3 is 2.47 bits per heavy atom. The maximum absolute atomic E-state index is 12.5. The minimum absolute atomic E-state index is 0.114. The van der Waals surface area contributed by atoms with Gasteiger partial charge in [0.25, 0.3) is 5.91 Å². The van der Waals surface area contributed by atoms with Crippen molar-refractivity contribution in [3.8, 4) is 5.75 Å². The molecule has 2 aromatic carbocycles. The van der Waals surface area contributed by atoms with E-state index in [1.165, 1.54) is 11.0 Å². The van der Waals surface area contributed by atoms with Crippen LogP contribution in [0.4, 0.5) is 5.69 Å². The van der Waals surface area contributed by atoms with Crippen molar-refractivity contribution in [1.82, 2.24) is 10.2 Å². The first kappa shape index (κ1) is 21.6. The van der Waals surface area contributed by atoms with E-state index in [4.69, 9.17) is 0 Å². The number of aliphatic hydroxyl groups is 1. The third-order valence-corrected chi connectivity index (χ3v) is 6.17. The van der Waals surface area contributed by atoms with Gasteiger partial charge in [-0.25, -0.2) is 0 Å². The van der Waals surface area contributed by atoms with Crippen molar-refractivity contribution in [2.75, 3.05) is 19.4 Å². The standard InChI is InChI=1S/C24H23N3O4S/c1-27(2)24(31)15-10-6-11-16(21(15)28)25-19-20(23(30)22(19)29)26-18(17-12-7-13-32-17)14-8-4-3-5-9-14/h3-13,18,23,25-26,28,30H,1-2H3. The topological polar surface area (TPSA) is 102 Å². The van der Waals surface area contributed by atoms with Crippen molar-refractivity contribution in [3.63, 3.8) is 0 Å². The largest absolute Gasteiger partial charge is 0.505 e. The molecule has 1 aromatic heterocycles. The summed E-state index contributed by atoms with van der Waals surface area (Å²) in [6.07, 6.45) is -1.29. The van der Waals surface area contributed by atoms with Crippen LogP contribution in [-0.4, -0.2) is 47.0 Å². The number of hydrogen-bond donors (Lipinski definition) is 4. The summed E-state index contributed by atoms with van der Waals surface area (Å²) in [6.45, 7) is 0. The Labute approximate surface area is 189 Å². The van der Waals surface area contributed by atoms with E-state index in [1.54, 1.807) is 37.6 Å². The number of para-hydroxylation sites is 1. The molecule has 1 heterocycles. The quantitative estimate of drug-likeness (QED) is 0.414. The van der Waals surface area contributed by atoms with Gasteiger partial charge in [0.1, 0.15) is 5.70 Å². The zero-order valence-corrected chi connectivity index (χ0v) is 18.4. The summed E-state index contributed by atoms with van der Waals surface area (Å²) in [6, 6.07) is 18.1. The van der Waals surface area contributed by atoms with E-state index in [9.17, 15) is 19.8 Å². The first-order chi connectivity index (χ1) is 15.4. The highest BCUT2D eigenvalue weighted by atomic mass is 32.1. The number of thiophene rings is 1. The molecule has 2 atom stereocenters. The number of ketones is 1. The molecule has 7 nitrogen and oxygen atoms in total. The average Bonchev–Trinajstić information content (AvgIpc) is 3.34. The fraction of sp³-hybridized carbons (Fsp3) is 0.167. The maximum Gasteiger partial charge on any atom is 0.257 e. The Morgan fingerprint density at radius 2 is 1.81 bits per heavy atom. The van der Waals surface area contributed by atoms with Gasteiger partial charge in [-0.15, -0.1) is 11.3 Å². The van der Waals surface area contributed by atoms with Crippen molar-refractivity contribution in [3.05, 3.63) is 93.4 Å². The monoisotopic (exact) mass is 449 g/mol. The van der Waals surface area contributed by atoms with Gasteiger partial charge in [-0.2, -0.15) is 0 Å². The molecule has 0 spiro atoms. The normalized spacial score (nSPS) is 16.3. The van der Waals surface area contributed by atoms with E-state index in [-0.39, 0.29) is 34.6 Å². The number of benzene rings is 2.